The third-order valence-electron chi connectivity index (χ3n) is 7.82. The summed E-state index contributed by atoms with van der Waals surface area (Å²) in [5, 5.41) is 12.6. The van der Waals surface area contributed by atoms with E-state index in [0.717, 1.165) is 60.1 Å². The van der Waals surface area contributed by atoms with Crippen LogP contribution >= 0.6 is 0 Å². The average Bonchev–Trinajstić information content (AvgIpc) is 2.83. The normalized spacial score (nSPS) is 28.1. The zero-order chi connectivity index (χ0) is 23.2. The van der Waals surface area contributed by atoms with E-state index < -0.39 is 17.8 Å². The Labute approximate surface area is 191 Å². The summed E-state index contributed by atoms with van der Waals surface area (Å²) in [5.41, 5.74) is 1.96. The molecule has 0 amide bonds. The fourth-order valence-corrected chi connectivity index (χ4v) is 6.13. The van der Waals surface area contributed by atoms with E-state index in [1.165, 1.54) is 0 Å². The summed E-state index contributed by atoms with van der Waals surface area (Å²) >= 11 is 0. The van der Waals surface area contributed by atoms with E-state index in [1.54, 1.807) is 18.3 Å². The van der Waals surface area contributed by atoms with Gasteiger partial charge in [-0.05, 0) is 35.7 Å². The Bertz CT molecular complexity index is 1150. The lowest BCUT2D eigenvalue weighted by Crippen LogP contribution is -2.67. The summed E-state index contributed by atoms with van der Waals surface area (Å²) in [6.07, 6.45) is 0.648. The van der Waals surface area contributed by atoms with Gasteiger partial charge in [-0.3, -0.25) is 4.98 Å². The van der Waals surface area contributed by atoms with Gasteiger partial charge >= 0.3 is 6.18 Å². The van der Waals surface area contributed by atoms with Crippen molar-refractivity contribution in [2.75, 3.05) is 13.1 Å². The van der Waals surface area contributed by atoms with Crippen LogP contribution in [0.1, 0.15) is 35.6 Å². The van der Waals surface area contributed by atoms with Crippen LogP contribution < -0.4 is 0 Å². The Morgan fingerprint density at radius 2 is 1.88 bits per heavy atom. The van der Waals surface area contributed by atoms with Crippen LogP contribution in [0.4, 0.5) is 13.2 Å². The van der Waals surface area contributed by atoms with Crippen molar-refractivity contribution in [2.24, 2.45) is 11.8 Å². The molecule has 1 N–H and O–H groups in total. The highest BCUT2D eigenvalue weighted by molar-refractivity contribution is 5.82. The molecule has 0 radical (unpaired) electrons. The van der Waals surface area contributed by atoms with Crippen molar-refractivity contribution >= 4 is 10.9 Å². The number of fused-ring (bicyclic) bond motifs is 4. The van der Waals surface area contributed by atoms with Gasteiger partial charge in [-0.2, -0.15) is 13.2 Å². The number of aromatic nitrogens is 1. The molecule has 3 aliphatic heterocycles. The van der Waals surface area contributed by atoms with E-state index in [1.807, 2.05) is 36.4 Å². The first-order valence-corrected chi connectivity index (χ1v) is 11.5. The molecule has 3 aliphatic rings. The molecule has 1 aromatic heterocycles. The summed E-state index contributed by atoms with van der Waals surface area (Å²) in [4.78, 5) is 4.43. The van der Waals surface area contributed by atoms with E-state index >= 15 is 0 Å². The number of piperidine rings is 3. The van der Waals surface area contributed by atoms with Crippen molar-refractivity contribution in [1.29, 1.82) is 0 Å². The topological polar surface area (TPSA) is 33.1 Å². The van der Waals surface area contributed by atoms with Gasteiger partial charge in [0.1, 0.15) is 18.7 Å². The van der Waals surface area contributed by atoms with Crippen molar-refractivity contribution < 1.29 is 22.8 Å². The lowest BCUT2D eigenvalue weighted by molar-refractivity contribution is -0.984. The second-order valence-electron chi connectivity index (χ2n) is 9.59. The molecule has 3 nitrogen and oxygen atoms in total. The number of aliphatic hydroxyl groups is 1. The first-order valence-electron chi connectivity index (χ1n) is 11.5. The number of alkyl halides is 3. The minimum absolute atomic E-state index is 0.0342. The number of nitrogens with zero attached hydrogens (tertiary/aromatic N) is 2. The molecule has 5 atom stereocenters. The van der Waals surface area contributed by atoms with Crippen LogP contribution in [0.25, 0.3) is 10.9 Å². The molecule has 4 heterocycles. The molecule has 4 unspecified atom stereocenters. The van der Waals surface area contributed by atoms with Crippen LogP contribution in [0.3, 0.4) is 0 Å². The van der Waals surface area contributed by atoms with Gasteiger partial charge in [-0.25, -0.2) is 0 Å². The fraction of sp³-hybridized carbons (Fsp3) is 0.370. The van der Waals surface area contributed by atoms with E-state index in [-0.39, 0.29) is 6.04 Å². The van der Waals surface area contributed by atoms with Crippen LogP contribution in [0, 0.1) is 11.8 Å². The summed E-state index contributed by atoms with van der Waals surface area (Å²) in [6.45, 7) is 6.39. The zero-order valence-electron chi connectivity index (χ0n) is 18.4. The number of para-hydroxylation sites is 1. The largest absolute Gasteiger partial charge is 0.416 e. The highest BCUT2D eigenvalue weighted by Gasteiger charge is 2.54. The number of halogens is 3. The number of pyridine rings is 1. The molecule has 172 valence electrons. The number of rotatable bonds is 5. The Hall–Kier alpha value is -2.70. The van der Waals surface area contributed by atoms with Crippen LogP contribution in [-0.2, 0) is 12.7 Å². The molecule has 33 heavy (non-hydrogen) atoms. The molecule has 6 heteroatoms. The Balaban J connectivity index is 1.51. The Morgan fingerprint density at radius 1 is 1.12 bits per heavy atom. The first kappa shape index (κ1) is 22.1. The van der Waals surface area contributed by atoms with Crippen molar-refractivity contribution in [3.63, 3.8) is 0 Å². The number of benzene rings is 2. The van der Waals surface area contributed by atoms with Gasteiger partial charge in [0.25, 0.3) is 0 Å². The second kappa shape index (κ2) is 8.26. The smallest absolute Gasteiger partial charge is 0.382 e. The third-order valence-corrected chi connectivity index (χ3v) is 7.82. The van der Waals surface area contributed by atoms with E-state index in [0.29, 0.717) is 22.9 Å². The van der Waals surface area contributed by atoms with Gasteiger partial charge < -0.3 is 9.59 Å². The maximum Gasteiger partial charge on any atom is 0.416 e. The van der Waals surface area contributed by atoms with Crippen molar-refractivity contribution in [3.05, 3.63) is 90.1 Å². The molecule has 2 aromatic carbocycles. The summed E-state index contributed by atoms with van der Waals surface area (Å²) in [6, 6.07) is 15.2. The molecular weight excluding hydrogens is 425 g/mol. The Kier molecular flexibility index (Phi) is 5.53. The number of aliphatic hydroxyl groups excluding tert-OH is 1. The maximum absolute atomic E-state index is 13.1. The third kappa shape index (κ3) is 3.96. The minimum atomic E-state index is -4.34. The molecular formula is C27H28F3N2O+. The van der Waals surface area contributed by atoms with Gasteiger partial charge in [0.05, 0.1) is 24.2 Å². The van der Waals surface area contributed by atoms with Crippen LogP contribution in [-0.4, -0.2) is 33.7 Å². The van der Waals surface area contributed by atoms with Gasteiger partial charge in [-0.1, -0.05) is 36.4 Å². The van der Waals surface area contributed by atoms with Crippen LogP contribution in [0.2, 0.25) is 0 Å². The van der Waals surface area contributed by atoms with E-state index in [2.05, 4.69) is 11.6 Å². The van der Waals surface area contributed by atoms with Gasteiger partial charge in [0.2, 0.25) is 0 Å². The van der Waals surface area contributed by atoms with Crippen LogP contribution in [0.5, 0.6) is 0 Å². The molecule has 3 fully saturated rings. The molecule has 2 bridgehead atoms. The molecule has 0 aliphatic carbocycles. The van der Waals surface area contributed by atoms with E-state index in [9.17, 15) is 18.3 Å². The molecule has 3 aromatic rings. The highest BCUT2D eigenvalue weighted by Crippen LogP contribution is 2.48. The molecule has 6 rings (SSSR count). The first-order chi connectivity index (χ1) is 15.8. The SMILES string of the molecule is C=CC1C[N+]2(Cc3ccc(C(F)(F)F)cc3)CCC1CC2[C@H](O)c1ccnc2ccccc12. The number of quaternary nitrogens is 1. The summed E-state index contributed by atoms with van der Waals surface area (Å²) in [5.74, 6) is 0.827. The van der Waals surface area contributed by atoms with Gasteiger partial charge in [0.15, 0.2) is 0 Å². The molecule has 0 saturated carbocycles. The monoisotopic (exact) mass is 453 g/mol. The minimum Gasteiger partial charge on any atom is -0.382 e. The lowest BCUT2D eigenvalue weighted by Gasteiger charge is -2.58. The maximum atomic E-state index is 13.1. The quantitative estimate of drug-likeness (QED) is 0.386. The zero-order valence-corrected chi connectivity index (χ0v) is 18.4. The fourth-order valence-electron chi connectivity index (χ4n) is 6.13. The van der Waals surface area contributed by atoms with Crippen LogP contribution in [0.15, 0.2) is 73.4 Å². The summed E-state index contributed by atoms with van der Waals surface area (Å²) in [7, 11) is 0. The lowest BCUT2D eigenvalue weighted by atomic mass is 9.71. The number of hydrogen-bond donors (Lipinski definition) is 1. The molecule has 3 saturated heterocycles. The predicted molar refractivity (Wildman–Crippen MR) is 122 cm³/mol. The number of hydrogen-bond acceptors (Lipinski definition) is 2. The standard InChI is InChI=1S/C27H28F3N2O/c1-2-19-17-32(16-18-7-9-21(10-8-18)27(28,29)30)14-12-20(19)15-25(32)26(33)23-11-13-31-24-6-4-3-5-22(23)24/h2-11,13,19-20,25-26,33H,1,12,14-17H2/q+1/t19?,20?,25?,26-,32?/m1/s1. The highest BCUT2D eigenvalue weighted by atomic mass is 19.4. The second-order valence-corrected chi connectivity index (χ2v) is 9.59. The van der Waals surface area contributed by atoms with Gasteiger partial charge in [0, 0.05) is 35.9 Å². The van der Waals surface area contributed by atoms with E-state index in [4.69, 9.17) is 0 Å². The average molecular weight is 454 g/mol. The Morgan fingerprint density at radius 3 is 2.61 bits per heavy atom. The van der Waals surface area contributed by atoms with Crippen molar-refractivity contribution in [3.8, 4) is 0 Å². The predicted octanol–water partition coefficient (Wildman–Crippen LogP) is 5.90. The van der Waals surface area contributed by atoms with Crippen molar-refractivity contribution in [1.82, 2.24) is 4.98 Å². The summed E-state index contributed by atoms with van der Waals surface area (Å²) < 4.78 is 39.8. The van der Waals surface area contributed by atoms with Gasteiger partial charge in [-0.15, -0.1) is 6.58 Å². The van der Waals surface area contributed by atoms with Crippen molar-refractivity contribution in [2.45, 2.75) is 37.7 Å². The molecule has 0 spiro atoms.